The standard InChI is InChI=1S/C17H18N2O2S/c1-12-4-7-15(8-5-12)22(20,21)18-14-6-9-16-13(2)11-19(3)17(16)10-14/h4-11,18H,1-3H3. The van der Waals surface area contributed by atoms with Crippen LogP contribution < -0.4 is 4.72 Å². The van der Waals surface area contributed by atoms with Gasteiger partial charge in [-0.05, 0) is 43.7 Å². The van der Waals surface area contributed by atoms with E-state index in [1.54, 1.807) is 30.3 Å². The number of nitrogens with one attached hydrogen (secondary N) is 1. The molecule has 114 valence electrons. The summed E-state index contributed by atoms with van der Waals surface area (Å²) < 4.78 is 29.5. The van der Waals surface area contributed by atoms with Gasteiger partial charge in [-0.2, -0.15) is 0 Å². The van der Waals surface area contributed by atoms with E-state index in [4.69, 9.17) is 0 Å². The van der Waals surface area contributed by atoms with Gasteiger partial charge in [0.1, 0.15) is 0 Å². The topological polar surface area (TPSA) is 51.1 Å². The van der Waals surface area contributed by atoms with E-state index in [2.05, 4.69) is 4.72 Å². The van der Waals surface area contributed by atoms with Gasteiger partial charge < -0.3 is 4.57 Å². The Kier molecular flexibility index (Phi) is 3.45. The van der Waals surface area contributed by atoms with E-state index in [1.807, 2.05) is 43.8 Å². The molecule has 0 atom stereocenters. The van der Waals surface area contributed by atoms with Crippen molar-refractivity contribution >= 4 is 26.6 Å². The molecule has 0 aliphatic carbocycles. The number of anilines is 1. The Bertz CT molecular complexity index is 939. The molecule has 0 bridgehead atoms. The average molecular weight is 314 g/mol. The molecule has 4 nitrogen and oxygen atoms in total. The first-order chi connectivity index (χ1) is 10.4. The van der Waals surface area contributed by atoms with Crippen molar-refractivity contribution in [3.63, 3.8) is 0 Å². The first-order valence-corrected chi connectivity index (χ1v) is 8.50. The smallest absolute Gasteiger partial charge is 0.261 e. The number of hydrogen-bond acceptors (Lipinski definition) is 2. The molecule has 0 spiro atoms. The fourth-order valence-electron chi connectivity index (χ4n) is 2.58. The van der Waals surface area contributed by atoms with Crippen LogP contribution in [0.4, 0.5) is 5.69 Å². The van der Waals surface area contributed by atoms with Crippen molar-refractivity contribution < 1.29 is 8.42 Å². The predicted octanol–water partition coefficient (Wildman–Crippen LogP) is 3.60. The zero-order valence-corrected chi connectivity index (χ0v) is 13.6. The van der Waals surface area contributed by atoms with Crippen LogP contribution in [0.2, 0.25) is 0 Å². The molecule has 22 heavy (non-hydrogen) atoms. The Morgan fingerprint density at radius 2 is 1.68 bits per heavy atom. The van der Waals surface area contributed by atoms with Crippen LogP contribution in [0.15, 0.2) is 53.6 Å². The van der Waals surface area contributed by atoms with E-state index in [0.29, 0.717) is 5.69 Å². The zero-order chi connectivity index (χ0) is 15.9. The van der Waals surface area contributed by atoms with E-state index in [1.165, 1.54) is 5.56 Å². The molecule has 0 saturated heterocycles. The molecule has 2 aromatic carbocycles. The summed E-state index contributed by atoms with van der Waals surface area (Å²) in [4.78, 5) is 0.265. The maximum absolute atomic E-state index is 12.4. The lowest BCUT2D eigenvalue weighted by Crippen LogP contribution is -2.12. The van der Waals surface area contributed by atoms with E-state index < -0.39 is 10.0 Å². The van der Waals surface area contributed by atoms with Gasteiger partial charge in [-0.1, -0.05) is 23.8 Å². The largest absolute Gasteiger partial charge is 0.350 e. The Labute approximate surface area is 130 Å². The second-order valence-corrected chi connectivity index (χ2v) is 7.26. The van der Waals surface area contributed by atoms with Crippen LogP contribution >= 0.6 is 0 Å². The molecule has 1 aromatic heterocycles. The Morgan fingerprint density at radius 3 is 2.36 bits per heavy atom. The maximum Gasteiger partial charge on any atom is 0.261 e. The van der Waals surface area contributed by atoms with Crippen LogP contribution in [0.1, 0.15) is 11.1 Å². The molecule has 0 fully saturated rings. The van der Waals surface area contributed by atoms with Crippen LogP contribution in [0.25, 0.3) is 10.9 Å². The van der Waals surface area contributed by atoms with Crippen molar-refractivity contribution in [2.24, 2.45) is 7.05 Å². The lowest BCUT2D eigenvalue weighted by Gasteiger charge is -2.09. The summed E-state index contributed by atoms with van der Waals surface area (Å²) in [5.74, 6) is 0. The normalized spacial score (nSPS) is 11.8. The van der Waals surface area contributed by atoms with Gasteiger partial charge in [0.2, 0.25) is 0 Å². The van der Waals surface area contributed by atoms with Gasteiger partial charge in [-0.15, -0.1) is 0 Å². The third-order valence-corrected chi connectivity index (χ3v) is 5.17. The van der Waals surface area contributed by atoms with E-state index in [9.17, 15) is 8.42 Å². The first kappa shape index (κ1) is 14.7. The quantitative estimate of drug-likeness (QED) is 0.803. The molecule has 0 aliphatic rings. The molecule has 1 heterocycles. The van der Waals surface area contributed by atoms with Gasteiger partial charge in [-0.3, -0.25) is 4.72 Å². The fraction of sp³-hybridized carbons (Fsp3) is 0.176. The summed E-state index contributed by atoms with van der Waals surface area (Å²) in [5, 5.41) is 1.13. The molecule has 5 heteroatoms. The number of aryl methyl sites for hydroxylation is 3. The van der Waals surface area contributed by atoms with Crippen LogP contribution in [-0.2, 0) is 17.1 Å². The van der Waals surface area contributed by atoms with Crippen molar-refractivity contribution in [1.29, 1.82) is 0 Å². The highest BCUT2D eigenvalue weighted by Gasteiger charge is 2.14. The maximum atomic E-state index is 12.4. The fourth-order valence-corrected chi connectivity index (χ4v) is 3.63. The molecule has 0 radical (unpaired) electrons. The second kappa shape index (κ2) is 5.18. The number of aromatic nitrogens is 1. The molecule has 3 rings (SSSR count). The number of benzene rings is 2. The molecule has 0 amide bonds. The minimum absolute atomic E-state index is 0.265. The molecular weight excluding hydrogens is 296 g/mol. The summed E-state index contributed by atoms with van der Waals surface area (Å²) in [6.07, 6.45) is 2.03. The van der Waals surface area contributed by atoms with Gasteiger partial charge in [-0.25, -0.2) is 8.42 Å². The lowest BCUT2D eigenvalue weighted by atomic mass is 10.2. The third-order valence-electron chi connectivity index (χ3n) is 3.77. The number of hydrogen-bond donors (Lipinski definition) is 1. The molecule has 1 N–H and O–H groups in total. The Morgan fingerprint density at radius 1 is 1.00 bits per heavy atom. The van der Waals surface area contributed by atoms with Gasteiger partial charge in [0.05, 0.1) is 16.1 Å². The summed E-state index contributed by atoms with van der Waals surface area (Å²) >= 11 is 0. The van der Waals surface area contributed by atoms with Crippen LogP contribution in [-0.4, -0.2) is 13.0 Å². The summed E-state index contributed by atoms with van der Waals surface area (Å²) in [7, 11) is -1.61. The average Bonchev–Trinajstić information content (AvgIpc) is 2.74. The second-order valence-electron chi connectivity index (χ2n) is 5.57. The summed E-state index contributed by atoms with van der Waals surface area (Å²) in [5.41, 5.74) is 3.76. The number of fused-ring (bicyclic) bond motifs is 1. The number of sulfonamides is 1. The summed E-state index contributed by atoms with van der Waals surface area (Å²) in [6.45, 7) is 3.97. The van der Waals surface area contributed by atoms with Crippen LogP contribution in [0.3, 0.4) is 0 Å². The van der Waals surface area contributed by atoms with Crippen LogP contribution in [0.5, 0.6) is 0 Å². The first-order valence-electron chi connectivity index (χ1n) is 7.02. The minimum atomic E-state index is -3.56. The predicted molar refractivity (Wildman–Crippen MR) is 89.6 cm³/mol. The van der Waals surface area contributed by atoms with Gasteiger partial charge in [0, 0.05) is 18.6 Å². The third kappa shape index (κ3) is 2.60. The van der Waals surface area contributed by atoms with E-state index >= 15 is 0 Å². The van der Waals surface area contributed by atoms with Crippen molar-refractivity contribution in [2.45, 2.75) is 18.7 Å². The van der Waals surface area contributed by atoms with Gasteiger partial charge in [0.25, 0.3) is 10.0 Å². The highest BCUT2D eigenvalue weighted by Crippen LogP contribution is 2.25. The van der Waals surface area contributed by atoms with Crippen molar-refractivity contribution in [3.05, 3.63) is 59.8 Å². The number of nitrogens with zero attached hydrogens (tertiary/aromatic N) is 1. The van der Waals surface area contributed by atoms with Crippen LogP contribution in [0, 0.1) is 13.8 Å². The molecule has 0 unspecified atom stereocenters. The Balaban J connectivity index is 1.98. The van der Waals surface area contributed by atoms with E-state index in [0.717, 1.165) is 16.5 Å². The molecule has 0 aliphatic heterocycles. The monoisotopic (exact) mass is 314 g/mol. The van der Waals surface area contributed by atoms with E-state index in [-0.39, 0.29) is 4.90 Å². The molecular formula is C17H18N2O2S. The van der Waals surface area contributed by atoms with Crippen molar-refractivity contribution in [1.82, 2.24) is 4.57 Å². The molecule has 3 aromatic rings. The van der Waals surface area contributed by atoms with Crippen molar-refractivity contribution in [2.75, 3.05) is 4.72 Å². The van der Waals surface area contributed by atoms with Crippen molar-refractivity contribution in [3.8, 4) is 0 Å². The zero-order valence-electron chi connectivity index (χ0n) is 12.8. The highest BCUT2D eigenvalue weighted by molar-refractivity contribution is 7.92. The number of rotatable bonds is 3. The van der Waals surface area contributed by atoms with Gasteiger partial charge >= 0.3 is 0 Å². The van der Waals surface area contributed by atoms with Gasteiger partial charge in [0.15, 0.2) is 0 Å². The SMILES string of the molecule is Cc1ccc(S(=O)(=O)Nc2ccc3c(C)cn(C)c3c2)cc1. The summed E-state index contributed by atoms with van der Waals surface area (Å²) in [6, 6.07) is 12.4. The Hall–Kier alpha value is -2.27. The minimum Gasteiger partial charge on any atom is -0.350 e. The molecule has 0 saturated carbocycles. The highest BCUT2D eigenvalue weighted by atomic mass is 32.2. The lowest BCUT2D eigenvalue weighted by molar-refractivity contribution is 0.601.